The topological polar surface area (TPSA) is 93.5 Å². The van der Waals surface area contributed by atoms with Crippen molar-refractivity contribution in [3.8, 4) is 6.07 Å². The van der Waals surface area contributed by atoms with Crippen LogP contribution in [0.4, 0.5) is 0 Å². The predicted octanol–water partition coefficient (Wildman–Crippen LogP) is 1.79. The summed E-state index contributed by atoms with van der Waals surface area (Å²) in [7, 11) is -3.34. The summed E-state index contributed by atoms with van der Waals surface area (Å²) >= 11 is 0. The second kappa shape index (κ2) is 10.4. The van der Waals surface area contributed by atoms with Crippen LogP contribution >= 0.6 is 0 Å². The van der Waals surface area contributed by atoms with Gasteiger partial charge < -0.3 is 5.32 Å². The first kappa shape index (κ1) is 22.7. The number of hydrogen-bond acceptors (Lipinski definition) is 6. The van der Waals surface area contributed by atoms with Gasteiger partial charge in [0.25, 0.3) is 0 Å². The minimum absolute atomic E-state index is 0.102. The lowest BCUT2D eigenvalue weighted by atomic mass is 10.1. The third kappa shape index (κ3) is 5.81. The van der Waals surface area contributed by atoms with Gasteiger partial charge >= 0.3 is 0 Å². The second-order valence-electron chi connectivity index (χ2n) is 8.33. The van der Waals surface area contributed by atoms with Gasteiger partial charge in [0.1, 0.15) is 0 Å². The second-order valence-corrected chi connectivity index (χ2v) is 10.4. The summed E-state index contributed by atoms with van der Waals surface area (Å²) in [6.45, 7) is 5.83. The number of carbonyl (C=O) groups is 1. The summed E-state index contributed by atoms with van der Waals surface area (Å²) in [6, 6.07) is 8.94. The third-order valence-electron chi connectivity index (χ3n) is 6.10. The number of sulfone groups is 1. The molecule has 2 unspecified atom stereocenters. The maximum Gasteiger partial charge on any atom is 0.234 e. The van der Waals surface area contributed by atoms with Gasteiger partial charge in [0.05, 0.1) is 28.8 Å². The number of nitrogens with zero attached hydrogens (tertiary/aromatic N) is 3. The lowest BCUT2D eigenvalue weighted by molar-refractivity contribution is -0.123. The SMILES string of the molecule is CCCCNC(=O)CN1CC2CCC(C1)N2CCCS(=O)(=O)c1ccc(C#N)cc1. The number of benzene rings is 1. The number of nitrogens with one attached hydrogen (secondary N) is 1. The molecule has 164 valence electrons. The summed E-state index contributed by atoms with van der Waals surface area (Å²) in [5.74, 6) is 0.211. The Bertz CT molecular complexity index is 849. The molecule has 3 rings (SSSR count). The Labute approximate surface area is 180 Å². The van der Waals surface area contributed by atoms with Crippen molar-refractivity contribution in [2.45, 2.75) is 56.0 Å². The Morgan fingerprint density at radius 2 is 1.83 bits per heavy atom. The summed E-state index contributed by atoms with van der Waals surface area (Å²) in [6.07, 6.45) is 4.90. The first-order chi connectivity index (χ1) is 14.4. The number of rotatable bonds is 10. The number of unbranched alkanes of at least 4 members (excludes halogenated alkanes) is 1. The predicted molar refractivity (Wildman–Crippen MR) is 116 cm³/mol. The molecule has 2 fully saturated rings. The highest BCUT2D eigenvalue weighted by molar-refractivity contribution is 7.91. The van der Waals surface area contributed by atoms with E-state index in [4.69, 9.17) is 5.26 Å². The van der Waals surface area contributed by atoms with Crippen molar-refractivity contribution in [3.63, 3.8) is 0 Å². The Hall–Kier alpha value is -1.95. The molecule has 2 saturated heterocycles. The molecule has 8 heteroatoms. The van der Waals surface area contributed by atoms with Crippen LogP contribution in [0.1, 0.15) is 44.6 Å². The highest BCUT2D eigenvalue weighted by Gasteiger charge is 2.39. The molecule has 30 heavy (non-hydrogen) atoms. The third-order valence-corrected chi connectivity index (χ3v) is 7.92. The van der Waals surface area contributed by atoms with Crippen molar-refractivity contribution in [3.05, 3.63) is 29.8 Å². The average Bonchev–Trinajstić information content (AvgIpc) is 2.96. The number of amides is 1. The Morgan fingerprint density at radius 3 is 2.43 bits per heavy atom. The Kier molecular flexibility index (Phi) is 7.87. The van der Waals surface area contributed by atoms with Crippen molar-refractivity contribution in [1.29, 1.82) is 5.26 Å². The lowest BCUT2D eigenvalue weighted by Gasteiger charge is -2.40. The summed E-state index contributed by atoms with van der Waals surface area (Å²) in [4.78, 5) is 17.1. The fraction of sp³-hybridized carbons (Fsp3) is 0.636. The number of piperazine rings is 1. The maximum atomic E-state index is 12.6. The first-order valence-electron chi connectivity index (χ1n) is 10.9. The molecule has 2 aliphatic heterocycles. The summed E-state index contributed by atoms with van der Waals surface area (Å²) in [5.41, 5.74) is 0.461. The number of fused-ring (bicyclic) bond motifs is 2. The smallest absolute Gasteiger partial charge is 0.234 e. The minimum atomic E-state index is -3.34. The molecular formula is C22H32N4O3S. The van der Waals surface area contributed by atoms with Crippen LogP contribution in [0.25, 0.3) is 0 Å². The van der Waals surface area contributed by atoms with Crippen LogP contribution < -0.4 is 5.32 Å². The van der Waals surface area contributed by atoms with Crippen molar-refractivity contribution in [2.75, 3.05) is 38.5 Å². The molecule has 2 bridgehead atoms. The molecule has 2 atom stereocenters. The van der Waals surface area contributed by atoms with Gasteiger partial charge in [-0.3, -0.25) is 14.6 Å². The minimum Gasteiger partial charge on any atom is -0.355 e. The molecule has 1 N–H and O–H groups in total. The highest BCUT2D eigenvalue weighted by Crippen LogP contribution is 2.30. The quantitative estimate of drug-likeness (QED) is 0.567. The zero-order valence-corrected chi connectivity index (χ0v) is 18.5. The van der Waals surface area contributed by atoms with Crippen molar-refractivity contribution < 1.29 is 13.2 Å². The molecule has 1 amide bonds. The van der Waals surface area contributed by atoms with E-state index in [1.54, 1.807) is 12.1 Å². The van der Waals surface area contributed by atoms with Crippen molar-refractivity contribution >= 4 is 15.7 Å². The molecule has 7 nitrogen and oxygen atoms in total. The molecule has 0 aliphatic carbocycles. The lowest BCUT2D eigenvalue weighted by Crippen LogP contribution is -2.55. The standard InChI is InChI=1S/C22H32N4O3S/c1-2-3-11-24-22(27)17-25-15-19-7-8-20(16-25)26(19)12-4-13-30(28,29)21-9-5-18(14-23)6-10-21/h5-6,9-10,19-20H,2-4,7-8,11-13,15-17H2,1H3,(H,24,27). The van der Waals surface area contributed by atoms with Crippen LogP contribution in [0, 0.1) is 11.3 Å². The van der Waals surface area contributed by atoms with E-state index in [1.807, 2.05) is 6.07 Å². The van der Waals surface area contributed by atoms with E-state index < -0.39 is 9.84 Å². The van der Waals surface area contributed by atoms with E-state index in [-0.39, 0.29) is 16.6 Å². The normalized spacial score (nSPS) is 22.0. The summed E-state index contributed by atoms with van der Waals surface area (Å²) in [5, 5.41) is 11.8. The van der Waals surface area contributed by atoms with E-state index in [9.17, 15) is 13.2 Å². The molecule has 0 radical (unpaired) electrons. The van der Waals surface area contributed by atoms with Crippen LogP contribution in [-0.2, 0) is 14.6 Å². The van der Waals surface area contributed by atoms with E-state index >= 15 is 0 Å². The number of nitriles is 1. The van der Waals surface area contributed by atoms with Gasteiger partial charge in [0, 0.05) is 31.7 Å². The van der Waals surface area contributed by atoms with E-state index in [2.05, 4.69) is 22.0 Å². The summed E-state index contributed by atoms with van der Waals surface area (Å²) < 4.78 is 25.2. The van der Waals surface area contributed by atoms with Gasteiger partial charge in [-0.2, -0.15) is 5.26 Å². The van der Waals surface area contributed by atoms with Gasteiger partial charge in [-0.05, 0) is 56.5 Å². The van der Waals surface area contributed by atoms with Crippen LogP contribution in [0.3, 0.4) is 0 Å². The van der Waals surface area contributed by atoms with Crippen LogP contribution in [0.15, 0.2) is 29.2 Å². The van der Waals surface area contributed by atoms with Gasteiger partial charge in [0.2, 0.25) is 5.91 Å². The van der Waals surface area contributed by atoms with Gasteiger partial charge in [-0.1, -0.05) is 13.3 Å². The molecular weight excluding hydrogens is 400 g/mol. The highest BCUT2D eigenvalue weighted by atomic mass is 32.2. The monoisotopic (exact) mass is 432 g/mol. The van der Waals surface area contributed by atoms with Crippen LogP contribution in [0.2, 0.25) is 0 Å². The van der Waals surface area contributed by atoms with Gasteiger partial charge in [0.15, 0.2) is 9.84 Å². The van der Waals surface area contributed by atoms with Crippen molar-refractivity contribution in [1.82, 2.24) is 15.1 Å². The largest absolute Gasteiger partial charge is 0.355 e. The van der Waals surface area contributed by atoms with Crippen LogP contribution in [0.5, 0.6) is 0 Å². The van der Waals surface area contributed by atoms with E-state index in [0.29, 0.717) is 30.6 Å². The molecule has 2 heterocycles. The Balaban J connectivity index is 1.46. The first-order valence-corrected chi connectivity index (χ1v) is 12.6. The van der Waals surface area contributed by atoms with E-state index in [0.717, 1.165) is 51.9 Å². The number of likely N-dealkylation sites (tertiary alicyclic amines) is 1. The zero-order valence-electron chi connectivity index (χ0n) is 17.7. The molecule has 0 spiro atoms. The maximum absolute atomic E-state index is 12.6. The molecule has 0 aromatic heterocycles. The molecule has 2 aliphatic rings. The van der Waals surface area contributed by atoms with E-state index in [1.165, 1.54) is 12.1 Å². The fourth-order valence-electron chi connectivity index (χ4n) is 4.53. The number of carbonyl (C=O) groups excluding carboxylic acids is 1. The Morgan fingerprint density at radius 1 is 1.17 bits per heavy atom. The molecule has 0 saturated carbocycles. The van der Waals surface area contributed by atoms with Gasteiger partial charge in [-0.25, -0.2) is 8.42 Å². The zero-order chi connectivity index (χ0) is 21.6. The molecule has 1 aromatic carbocycles. The van der Waals surface area contributed by atoms with Crippen molar-refractivity contribution in [2.24, 2.45) is 0 Å². The molecule has 1 aromatic rings. The number of hydrogen-bond donors (Lipinski definition) is 1. The van der Waals surface area contributed by atoms with Gasteiger partial charge in [-0.15, -0.1) is 0 Å². The van der Waals surface area contributed by atoms with Crippen LogP contribution in [-0.4, -0.2) is 74.7 Å². The average molecular weight is 433 g/mol. The fourth-order valence-corrected chi connectivity index (χ4v) is 5.82.